The van der Waals surface area contributed by atoms with Gasteiger partial charge in [0.05, 0.1) is 0 Å². The van der Waals surface area contributed by atoms with Crippen LogP contribution in [0.25, 0.3) is 0 Å². The van der Waals surface area contributed by atoms with Crippen molar-refractivity contribution in [3.63, 3.8) is 0 Å². The molecule has 0 aromatic rings. The molecule has 4 nitrogen and oxygen atoms in total. The Labute approximate surface area is 117 Å². The third-order valence-electron chi connectivity index (χ3n) is 0.783. The Morgan fingerprint density at radius 2 is 2.08 bits per heavy atom. The number of aliphatic imine (C=N–C) groups is 1. The number of nitrogens with two attached hydrogens (primary N) is 2. The van der Waals surface area contributed by atoms with Gasteiger partial charge in [-0.1, -0.05) is 19.8 Å². The Morgan fingerprint density at radius 1 is 1.58 bits per heavy atom. The summed E-state index contributed by atoms with van der Waals surface area (Å²) >= 11 is 0. The molecule has 0 amide bonds. The smallest absolute Gasteiger partial charge is 0.369 e. The fourth-order valence-electron chi connectivity index (χ4n) is 0.308. The zero-order chi connectivity index (χ0) is 9.11. The van der Waals surface area contributed by atoms with Gasteiger partial charge in [0, 0.05) is 0 Å². The standard InChI is InChI=1S/C5H11.C2H4N4.K/c1-3-5-4-2;3-1-6-2(4)5;/h1,3-5H2,2H3;(H4,4,5,6);/q-1;;+1. The van der Waals surface area contributed by atoms with E-state index in [4.69, 9.17) is 16.7 Å². The average molecular weight is 194 g/mol. The molecule has 5 heteroatoms. The van der Waals surface area contributed by atoms with E-state index < -0.39 is 0 Å². The summed E-state index contributed by atoms with van der Waals surface area (Å²) in [6, 6.07) is 0. The van der Waals surface area contributed by atoms with E-state index in [1.54, 1.807) is 0 Å². The van der Waals surface area contributed by atoms with Crippen LogP contribution in [-0.2, 0) is 0 Å². The van der Waals surface area contributed by atoms with Crippen LogP contribution in [0.3, 0.4) is 0 Å². The largest absolute Gasteiger partial charge is 1.00 e. The Bertz CT molecular complexity index is 133. The topological polar surface area (TPSA) is 88.2 Å². The molecular weight excluding hydrogens is 179 g/mol. The number of unbranched alkanes of at least 4 members (excludes halogenated alkanes) is 2. The summed E-state index contributed by atoms with van der Waals surface area (Å²) in [4.78, 5) is 2.90. The van der Waals surface area contributed by atoms with Gasteiger partial charge in [-0.15, -0.1) is 4.99 Å². The minimum atomic E-state index is -0.197. The number of rotatable bonds is 2. The number of nitriles is 1. The maximum atomic E-state index is 7.64. The molecule has 0 radical (unpaired) electrons. The summed E-state index contributed by atoms with van der Waals surface area (Å²) in [6.07, 6.45) is 5.06. The van der Waals surface area contributed by atoms with Gasteiger partial charge in [0.1, 0.15) is 0 Å². The third-order valence-corrected chi connectivity index (χ3v) is 0.783. The number of hydrogen-bond acceptors (Lipinski definition) is 2. The predicted molar refractivity (Wildman–Crippen MR) is 46.3 cm³/mol. The van der Waals surface area contributed by atoms with E-state index in [1.165, 1.54) is 19.0 Å². The molecule has 0 saturated carbocycles. The number of nitrogens with zero attached hydrogens (tertiary/aromatic N) is 2. The molecule has 0 rings (SSSR count). The van der Waals surface area contributed by atoms with Crippen LogP contribution in [0.4, 0.5) is 0 Å². The zero-order valence-electron chi connectivity index (χ0n) is 7.88. The maximum Gasteiger partial charge on any atom is 1.00 e. The Hall–Kier alpha value is 0.396. The molecule has 64 valence electrons. The van der Waals surface area contributed by atoms with E-state index in [0.29, 0.717) is 0 Å². The van der Waals surface area contributed by atoms with Crippen molar-refractivity contribution in [3.05, 3.63) is 6.92 Å². The van der Waals surface area contributed by atoms with Crippen LogP contribution in [0, 0.1) is 18.4 Å². The van der Waals surface area contributed by atoms with Crippen molar-refractivity contribution in [3.8, 4) is 6.19 Å². The van der Waals surface area contributed by atoms with E-state index in [9.17, 15) is 0 Å². The molecule has 0 unspecified atom stereocenters. The zero-order valence-corrected chi connectivity index (χ0v) is 11.0. The van der Waals surface area contributed by atoms with Gasteiger partial charge in [-0.2, -0.15) is 11.7 Å². The Balaban J connectivity index is -0.000000126. The van der Waals surface area contributed by atoms with Crippen LogP contribution >= 0.6 is 0 Å². The summed E-state index contributed by atoms with van der Waals surface area (Å²) in [5.41, 5.74) is 9.42. The molecule has 0 fully saturated rings. The van der Waals surface area contributed by atoms with Crippen molar-refractivity contribution in [2.75, 3.05) is 0 Å². The van der Waals surface area contributed by atoms with Crippen LogP contribution in [0.1, 0.15) is 26.2 Å². The van der Waals surface area contributed by atoms with E-state index in [1.807, 2.05) is 0 Å². The molecule has 4 N–H and O–H groups in total. The normalized spacial score (nSPS) is 6.42. The van der Waals surface area contributed by atoms with Crippen molar-refractivity contribution in [2.24, 2.45) is 16.5 Å². The molecule has 0 spiro atoms. The molecular formula is C7H15KN4. The SMILES string of the molecule is N#CN=C(N)N.[CH2-]CCCC.[K+]. The Morgan fingerprint density at radius 3 is 2.08 bits per heavy atom. The molecule has 0 aliphatic heterocycles. The van der Waals surface area contributed by atoms with E-state index >= 15 is 0 Å². The first kappa shape index (κ1) is 18.2. The predicted octanol–water partition coefficient (Wildman–Crippen LogP) is -2.24. The van der Waals surface area contributed by atoms with Gasteiger partial charge >= 0.3 is 51.4 Å². The minimum absolute atomic E-state index is 0. The number of guanidine groups is 1. The van der Waals surface area contributed by atoms with Gasteiger partial charge in [0.15, 0.2) is 0 Å². The van der Waals surface area contributed by atoms with E-state index in [0.717, 1.165) is 6.42 Å². The van der Waals surface area contributed by atoms with Crippen LogP contribution in [0.5, 0.6) is 0 Å². The molecule has 0 atom stereocenters. The molecule has 0 aliphatic carbocycles. The first-order valence-electron chi connectivity index (χ1n) is 3.46. The minimum Gasteiger partial charge on any atom is -0.369 e. The van der Waals surface area contributed by atoms with E-state index in [-0.39, 0.29) is 57.3 Å². The molecule has 0 bridgehead atoms. The fraction of sp³-hybridized carbons (Fsp3) is 0.571. The summed E-state index contributed by atoms with van der Waals surface area (Å²) in [5, 5.41) is 7.64. The van der Waals surface area contributed by atoms with Crippen molar-refractivity contribution in [2.45, 2.75) is 26.2 Å². The van der Waals surface area contributed by atoms with Gasteiger partial charge in [-0.05, 0) is 0 Å². The van der Waals surface area contributed by atoms with Gasteiger partial charge in [-0.3, -0.25) is 0 Å². The number of hydrogen-bond donors (Lipinski definition) is 2. The van der Waals surface area contributed by atoms with Crippen molar-refractivity contribution in [1.82, 2.24) is 0 Å². The first-order valence-corrected chi connectivity index (χ1v) is 3.46. The van der Waals surface area contributed by atoms with Gasteiger partial charge in [0.25, 0.3) is 0 Å². The van der Waals surface area contributed by atoms with Gasteiger partial charge in [0.2, 0.25) is 12.2 Å². The van der Waals surface area contributed by atoms with Crippen molar-refractivity contribution in [1.29, 1.82) is 5.26 Å². The summed E-state index contributed by atoms with van der Waals surface area (Å²) < 4.78 is 0. The van der Waals surface area contributed by atoms with Crippen LogP contribution < -0.4 is 62.9 Å². The first-order chi connectivity index (χ1) is 5.18. The second-order valence-electron chi connectivity index (χ2n) is 1.84. The molecule has 0 aliphatic rings. The monoisotopic (exact) mass is 194 g/mol. The van der Waals surface area contributed by atoms with Crippen molar-refractivity contribution >= 4 is 5.96 Å². The second kappa shape index (κ2) is 17.5. The summed E-state index contributed by atoms with van der Waals surface area (Å²) in [5.74, 6) is -0.197. The molecule has 0 saturated heterocycles. The summed E-state index contributed by atoms with van der Waals surface area (Å²) in [7, 11) is 0. The fourth-order valence-corrected chi connectivity index (χ4v) is 0.308. The quantitative estimate of drug-likeness (QED) is 0.171. The van der Waals surface area contributed by atoms with E-state index in [2.05, 4.69) is 18.8 Å². The average Bonchev–Trinajstić information content (AvgIpc) is 1.90. The van der Waals surface area contributed by atoms with Crippen LogP contribution in [0.15, 0.2) is 4.99 Å². The van der Waals surface area contributed by atoms with Crippen molar-refractivity contribution < 1.29 is 51.4 Å². The van der Waals surface area contributed by atoms with Crippen LogP contribution in [-0.4, -0.2) is 5.96 Å². The molecule has 0 heterocycles. The molecule has 0 aromatic heterocycles. The molecule has 12 heavy (non-hydrogen) atoms. The summed E-state index contributed by atoms with van der Waals surface area (Å²) in [6.45, 7) is 5.85. The second-order valence-corrected chi connectivity index (χ2v) is 1.84. The van der Waals surface area contributed by atoms with Gasteiger partial charge < -0.3 is 18.4 Å². The molecule has 0 aromatic carbocycles. The van der Waals surface area contributed by atoms with Crippen LogP contribution in [0.2, 0.25) is 0 Å². The third kappa shape index (κ3) is 31.5. The van der Waals surface area contributed by atoms with Gasteiger partial charge in [-0.25, -0.2) is 0 Å². The maximum absolute atomic E-state index is 7.64. The Kier molecular flexibility index (Phi) is 26.6.